The molecule has 0 spiro atoms. The molecule has 1 saturated heterocycles. The van der Waals surface area contributed by atoms with Crippen LogP contribution in [-0.4, -0.2) is 41.0 Å². The molecule has 2 N–H and O–H groups in total. The van der Waals surface area contributed by atoms with Gasteiger partial charge >= 0.3 is 6.03 Å². The highest BCUT2D eigenvalue weighted by molar-refractivity contribution is 5.92. The number of aromatic nitrogens is 1. The number of rotatable bonds is 5. The van der Waals surface area contributed by atoms with Gasteiger partial charge < -0.3 is 20.0 Å². The lowest BCUT2D eigenvalue weighted by Gasteiger charge is -2.31. The Morgan fingerprint density at radius 3 is 2.56 bits per heavy atom. The van der Waals surface area contributed by atoms with Gasteiger partial charge in [0, 0.05) is 31.2 Å². The number of carbonyl (C=O) groups is 2. The van der Waals surface area contributed by atoms with Crippen LogP contribution < -0.4 is 10.6 Å². The topological polar surface area (TPSA) is 87.5 Å². The van der Waals surface area contributed by atoms with Crippen molar-refractivity contribution in [1.29, 1.82) is 0 Å². The molecule has 1 aromatic carbocycles. The van der Waals surface area contributed by atoms with Crippen molar-refractivity contribution >= 4 is 17.6 Å². The maximum atomic E-state index is 12.6. The average molecular weight is 368 g/mol. The van der Waals surface area contributed by atoms with E-state index in [2.05, 4.69) is 15.6 Å². The summed E-state index contributed by atoms with van der Waals surface area (Å²) in [6, 6.07) is 9.18. The minimum atomic E-state index is -0.216. The van der Waals surface area contributed by atoms with Crippen molar-refractivity contribution in [3.63, 3.8) is 0 Å². The number of piperidine rings is 1. The van der Waals surface area contributed by atoms with E-state index in [1.54, 1.807) is 4.90 Å². The SMILES string of the molecule is O=C(Nc1ccccc1)NC1CCN(C(=O)c2coc(CC3CC3)n2)CC1. The maximum absolute atomic E-state index is 12.6. The Morgan fingerprint density at radius 2 is 1.85 bits per heavy atom. The third-order valence-electron chi connectivity index (χ3n) is 5.08. The molecule has 142 valence electrons. The number of oxazole rings is 1. The fourth-order valence-electron chi connectivity index (χ4n) is 3.33. The van der Waals surface area contributed by atoms with Crippen LogP contribution in [0, 0.1) is 5.92 Å². The first-order chi connectivity index (χ1) is 13.2. The molecule has 27 heavy (non-hydrogen) atoms. The van der Waals surface area contributed by atoms with E-state index in [1.165, 1.54) is 19.1 Å². The molecule has 2 fully saturated rings. The van der Waals surface area contributed by atoms with Gasteiger partial charge in [-0.25, -0.2) is 9.78 Å². The van der Waals surface area contributed by atoms with Gasteiger partial charge in [-0.15, -0.1) is 0 Å². The van der Waals surface area contributed by atoms with E-state index in [9.17, 15) is 9.59 Å². The third-order valence-corrected chi connectivity index (χ3v) is 5.08. The fraction of sp³-hybridized carbons (Fsp3) is 0.450. The monoisotopic (exact) mass is 368 g/mol. The normalized spacial score (nSPS) is 17.6. The van der Waals surface area contributed by atoms with Gasteiger partial charge in [0.15, 0.2) is 11.6 Å². The summed E-state index contributed by atoms with van der Waals surface area (Å²) in [7, 11) is 0. The standard InChI is InChI=1S/C20H24N4O3/c25-19(17-13-27-18(23-17)12-14-6-7-14)24-10-8-16(9-11-24)22-20(26)21-15-4-2-1-3-5-15/h1-5,13-14,16H,6-12H2,(H2,21,22,26). The molecule has 0 unspecified atom stereocenters. The maximum Gasteiger partial charge on any atom is 0.319 e. The fourth-order valence-corrected chi connectivity index (χ4v) is 3.33. The Balaban J connectivity index is 1.24. The lowest BCUT2D eigenvalue weighted by molar-refractivity contribution is 0.0703. The summed E-state index contributed by atoms with van der Waals surface area (Å²) in [6.45, 7) is 1.19. The Kier molecular flexibility index (Phi) is 5.09. The van der Waals surface area contributed by atoms with Gasteiger partial charge in [-0.05, 0) is 43.7 Å². The number of urea groups is 1. The number of anilines is 1. The molecule has 4 rings (SSSR count). The molecule has 3 amide bonds. The smallest absolute Gasteiger partial charge is 0.319 e. The van der Waals surface area contributed by atoms with Crippen LogP contribution in [0.3, 0.4) is 0 Å². The van der Waals surface area contributed by atoms with Gasteiger partial charge in [-0.1, -0.05) is 18.2 Å². The van der Waals surface area contributed by atoms with Crippen molar-refractivity contribution in [1.82, 2.24) is 15.2 Å². The first-order valence-corrected chi connectivity index (χ1v) is 9.53. The highest BCUT2D eigenvalue weighted by Gasteiger charge is 2.28. The number of benzene rings is 1. The van der Waals surface area contributed by atoms with Crippen molar-refractivity contribution in [2.45, 2.75) is 38.1 Å². The molecule has 2 aromatic rings. The van der Waals surface area contributed by atoms with Crippen molar-refractivity contribution in [3.8, 4) is 0 Å². The predicted octanol–water partition coefficient (Wildman–Crippen LogP) is 3.05. The quantitative estimate of drug-likeness (QED) is 0.849. The molecule has 0 bridgehead atoms. The number of hydrogen-bond donors (Lipinski definition) is 2. The first kappa shape index (κ1) is 17.6. The molecule has 2 aliphatic rings. The summed E-state index contributed by atoms with van der Waals surface area (Å²) in [5, 5.41) is 5.80. The van der Waals surface area contributed by atoms with E-state index < -0.39 is 0 Å². The van der Waals surface area contributed by atoms with Crippen LogP contribution in [0.25, 0.3) is 0 Å². The third kappa shape index (κ3) is 4.67. The predicted molar refractivity (Wildman–Crippen MR) is 100 cm³/mol. The van der Waals surface area contributed by atoms with E-state index in [0.717, 1.165) is 24.9 Å². The zero-order valence-electron chi connectivity index (χ0n) is 15.2. The summed E-state index contributed by atoms with van der Waals surface area (Å²) in [5.41, 5.74) is 1.15. The number of nitrogens with zero attached hydrogens (tertiary/aromatic N) is 2. The molecule has 2 heterocycles. The van der Waals surface area contributed by atoms with Crippen LogP contribution in [0.15, 0.2) is 41.0 Å². The highest BCUT2D eigenvalue weighted by atomic mass is 16.3. The van der Waals surface area contributed by atoms with Gasteiger partial charge in [0.05, 0.1) is 0 Å². The molecule has 7 nitrogen and oxygen atoms in total. The summed E-state index contributed by atoms with van der Waals surface area (Å²) >= 11 is 0. The number of likely N-dealkylation sites (tertiary alicyclic amines) is 1. The van der Waals surface area contributed by atoms with Gasteiger partial charge in [0.2, 0.25) is 0 Å². The Labute approximate surface area is 158 Å². The van der Waals surface area contributed by atoms with Crippen molar-refractivity contribution in [2.24, 2.45) is 5.92 Å². The summed E-state index contributed by atoms with van der Waals surface area (Å²) in [6.07, 6.45) is 6.20. The second-order valence-electron chi connectivity index (χ2n) is 7.30. The molecular weight excluding hydrogens is 344 g/mol. The molecule has 1 aromatic heterocycles. The van der Waals surface area contributed by atoms with Gasteiger partial charge in [0.1, 0.15) is 6.26 Å². The molecule has 0 radical (unpaired) electrons. The summed E-state index contributed by atoms with van der Waals surface area (Å²) in [5.74, 6) is 1.25. The van der Waals surface area contributed by atoms with E-state index in [1.807, 2.05) is 30.3 Å². The van der Waals surface area contributed by atoms with Crippen LogP contribution in [0.2, 0.25) is 0 Å². The zero-order chi connectivity index (χ0) is 18.6. The lowest BCUT2D eigenvalue weighted by atomic mass is 10.0. The Hall–Kier alpha value is -2.83. The number of hydrogen-bond acceptors (Lipinski definition) is 4. The summed E-state index contributed by atoms with van der Waals surface area (Å²) in [4.78, 5) is 30.8. The van der Waals surface area contributed by atoms with Gasteiger partial charge in [-0.2, -0.15) is 0 Å². The molecule has 7 heteroatoms. The van der Waals surface area contributed by atoms with E-state index in [4.69, 9.17) is 4.42 Å². The highest BCUT2D eigenvalue weighted by Crippen LogP contribution is 2.32. The number of amides is 3. The Bertz CT molecular complexity index is 793. The first-order valence-electron chi connectivity index (χ1n) is 9.53. The molecular formula is C20H24N4O3. The molecule has 1 saturated carbocycles. The van der Waals surface area contributed by atoms with E-state index >= 15 is 0 Å². The number of nitrogens with one attached hydrogen (secondary N) is 2. The minimum absolute atomic E-state index is 0.0560. The second-order valence-corrected chi connectivity index (χ2v) is 7.30. The molecule has 1 aliphatic carbocycles. The van der Waals surface area contributed by atoms with Gasteiger partial charge in [-0.3, -0.25) is 4.79 Å². The zero-order valence-corrected chi connectivity index (χ0v) is 15.2. The van der Waals surface area contributed by atoms with Crippen LogP contribution in [0.4, 0.5) is 10.5 Å². The number of carbonyl (C=O) groups excluding carboxylic acids is 2. The molecule has 1 aliphatic heterocycles. The van der Waals surface area contributed by atoms with Crippen LogP contribution in [-0.2, 0) is 6.42 Å². The van der Waals surface area contributed by atoms with Crippen molar-refractivity contribution in [2.75, 3.05) is 18.4 Å². The number of para-hydroxylation sites is 1. The molecule has 0 atom stereocenters. The van der Waals surface area contributed by atoms with Crippen LogP contribution in [0.5, 0.6) is 0 Å². The largest absolute Gasteiger partial charge is 0.448 e. The van der Waals surface area contributed by atoms with Crippen molar-refractivity contribution < 1.29 is 14.0 Å². The van der Waals surface area contributed by atoms with Crippen LogP contribution >= 0.6 is 0 Å². The Morgan fingerprint density at radius 1 is 1.11 bits per heavy atom. The van der Waals surface area contributed by atoms with Crippen molar-refractivity contribution in [3.05, 3.63) is 48.2 Å². The average Bonchev–Trinajstić information content (AvgIpc) is 3.37. The lowest BCUT2D eigenvalue weighted by Crippen LogP contribution is -2.47. The second kappa shape index (κ2) is 7.82. The van der Waals surface area contributed by atoms with Crippen LogP contribution in [0.1, 0.15) is 42.1 Å². The van der Waals surface area contributed by atoms with E-state index in [0.29, 0.717) is 30.6 Å². The van der Waals surface area contributed by atoms with E-state index in [-0.39, 0.29) is 18.0 Å². The summed E-state index contributed by atoms with van der Waals surface area (Å²) < 4.78 is 5.43. The van der Waals surface area contributed by atoms with Gasteiger partial charge in [0.25, 0.3) is 5.91 Å². The minimum Gasteiger partial charge on any atom is -0.448 e.